The molecule has 0 bridgehead atoms. The number of hydrogen-bond acceptors (Lipinski definition) is 2. The van der Waals surface area contributed by atoms with Gasteiger partial charge in [0.25, 0.3) is 5.91 Å². The molecular weight excluding hydrogens is 172 g/mol. The topological polar surface area (TPSA) is 32.3 Å². The third-order valence-electron chi connectivity index (χ3n) is 2.08. The van der Waals surface area contributed by atoms with Crippen molar-refractivity contribution in [3.8, 4) is 0 Å². The molecule has 4 heteroatoms. The van der Waals surface area contributed by atoms with Gasteiger partial charge in [0, 0.05) is 7.05 Å². The second-order valence-electron chi connectivity index (χ2n) is 3.04. The number of hydrogen-bond donors (Lipinski definition) is 1. The average molecular weight is 186 g/mol. The van der Waals surface area contributed by atoms with Crippen LogP contribution in [0.4, 0.5) is 0 Å². The van der Waals surface area contributed by atoms with E-state index >= 15 is 0 Å². The molecule has 1 fully saturated rings. The predicted molar refractivity (Wildman–Crippen MR) is 51.8 cm³/mol. The number of likely N-dealkylation sites (N-methyl/N-ethyl adjacent to an activating group) is 1. The fourth-order valence-corrected chi connectivity index (χ4v) is 1.48. The number of carbonyl (C=O) groups excluding carboxylic acids is 1. The van der Waals surface area contributed by atoms with Crippen LogP contribution in [0, 0.1) is 0 Å². The van der Waals surface area contributed by atoms with Gasteiger partial charge in [0.15, 0.2) is 5.11 Å². The first kappa shape index (κ1) is 9.45. The molecule has 3 nitrogen and oxygen atoms in total. The van der Waals surface area contributed by atoms with Gasteiger partial charge in [0.1, 0.15) is 6.04 Å². The summed E-state index contributed by atoms with van der Waals surface area (Å²) in [6.45, 7) is 2.11. The van der Waals surface area contributed by atoms with E-state index in [4.69, 9.17) is 12.2 Å². The molecule has 1 amide bonds. The minimum atomic E-state index is -0.0672. The Bertz CT molecular complexity index is 205. The maximum Gasteiger partial charge on any atom is 0.251 e. The number of rotatable bonds is 3. The van der Waals surface area contributed by atoms with Crippen molar-refractivity contribution in [2.24, 2.45) is 0 Å². The third-order valence-corrected chi connectivity index (χ3v) is 2.47. The van der Waals surface area contributed by atoms with Gasteiger partial charge in [0.05, 0.1) is 0 Å². The van der Waals surface area contributed by atoms with Crippen molar-refractivity contribution in [1.29, 1.82) is 0 Å². The normalized spacial score (nSPS) is 23.2. The van der Waals surface area contributed by atoms with Crippen molar-refractivity contribution in [3.05, 3.63) is 0 Å². The molecule has 0 spiro atoms. The average Bonchev–Trinajstić information content (AvgIpc) is 2.30. The summed E-state index contributed by atoms with van der Waals surface area (Å²) in [6, 6.07) is -0.0672. The molecule has 1 aliphatic rings. The summed E-state index contributed by atoms with van der Waals surface area (Å²) in [5, 5.41) is 3.55. The Balaban J connectivity index is 2.47. The second-order valence-corrected chi connectivity index (χ2v) is 3.43. The number of nitrogens with one attached hydrogen (secondary N) is 1. The number of unbranched alkanes of at least 4 members (excludes halogenated alkanes) is 1. The summed E-state index contributed by atoms with van der Waals surface area (Å²) in [6.07, 6.45) is 3.07. The highest BCUT2D eigenvalue weighted by Crippen LogP contribution is 2.10. The Labute approximate surface area is 78.1 Å². The Morgan fingerprint density at radius 2 is 2.33 bits per heavy atom. The van der Waals surface area contributed by atoms with Crippen molar-refractivity contribution in [3.63, 3.8) is 0 Å². The van der Waals surface area contributed by atoms with Crippen molar-refractivity contribution in [2.75, 3.05) is 7.05 Å². The van der Waals surface area contributed by atoms with Gasteiger partial charge in [0.2, 0.25) is 0 Å². The molecule has 0 saturated carbocycles. The number of thiocarbonyl (C=S) groups is 1. The van der Waals surface area contributed by atoms with E-state index in [1.54, 1.807) is 7.05 Å². The lowest BCUT2D eigenvalue weighted by molar-refractivity contribution is -0.126. The highest BCUT2D eigenvalue weighted by Gasteiger charge is 2.31. The summed E-state index contributed by atoms with van der Waals surface area (Å²) >= 11 is 4.94. The van der Waals surface area contributed by atoms with Crippen LogP contribution in [0.1, 0.15) is 26.2 Å². The molecule has 1 rings (SSSR count). The van der Waals surface area contributed by atoms with Crippen LogP contribution in [-0.2, 0) is 4.79 Å². The first-order chi connectivity index (χ1) is 5.66. The van der Waals surface area contributed by atoms with E-state index in [0.29, 0.717) is 5.11 Å². The van der Waals surface area contributed by atoms with Gasteiger partial charge in [-0.1, -0.05) is 19.8 Å². The molecular formula is C8H14N2OS. The maximum absolute atomic E-state index is 11.4. The smallest absolute Gasteiger partial charge is 0.251 e. The first-order valence-electron chi connectivity index (χ1n) is 4.25. The number of carbonyl (C=O) groups is 1. The highest BCUT2D eigenvalue weighted by molar-refractivity contribution is 7.80. The van der Waals surface area contributed by atoms with E-state index in [1.165, 1.54) is 4.90 Å². The summed E-state index contributed by atoms with van der Waals surface area (Å²) in [4.78, 5) is 12.9. The summed E-state index contributed by atoms with van der Waals surface area (Å²) in [5.74, 6) is 0.105. The summed E-state index contributed by atoms with van der Waals surface area (Å²) < 4.78 is 0. The Hall–Kier alpha value is -0.640. The fourth-order valence-electron chi connectivity index (χ4n) is 1.25. The molecule has 1 N–H and O–H groups in total. The van der Waals surface area contributed by atoms with Crippen LogP contribution in [0.2, 0.25) is 0 Å². The third kappa shape index (κ3) is 1.75. The van der Waals surface area contributed by atoms with Crippen molar-refractivity contribution < 1.29 is 4.79 Å². The fraction of sp³-hybridized carbons (Fsp3) is 0.750. The van der Waals surface area contributed by atoms with Gasteiger partial charge in [-0.3, -0.25) is 9.69 Å². The quantitative estimate of drug-likeness (QED) is 0.664. The molecule has 0 unspecified atom stereocenters. The molecule has 0 aromatic rings. The van der Waals surface area contributed by atoms with E-state index in [2.05, 4.69) is 12.2 Å². The molecule has 0 aliphatic carbocycles. The van der Waals surface area contributed by atoms with Gasteiger partial charge in [-0.15, -0.1) is 0 Å². The molecule has 1 atom stereocenters. The van der Waals surface area contributed by atoms with Crippen molar-refractivity contribution in [1.82, 2.24) is 10.2 Å². The molecule has 12 heavy (non-hydrogen) atoms. The molecule has 0 radical (unpaired) electrons. The van der Waals surface area contributed by atoms with Crippen LogP contribution in [-0.4, -0.2) is 29.0 Å². The van der Waals surface area contributed by atoms with E-state index in [-0.39, 0.29) is 11.9 Å². The molecule has 1 saturated heterocycles. The van der Waals surface area contributed by atoms with Gasteiger partial charge in [-0.2, -0.15) is 0 Å². The van der Waals surface area contributed by atoms with Crippen LogP contribution in [0.15, 0.2) is 0 Å². The molecule has 0 aromatic heterocycles. The summed E-state index contributed by atoms with van der Waals surface area (Å²) in [5.41, 5.74) is 0. The first-order valence-corrected chi connectivity index (χ1v) is 4.65. The lowest BCUT2D eigenvalue weighted by Crippen LogP contribution is -2.28. The van der Waals surface area contributed by atoms with Gasteiger partial charge in [-0.05, 0) is 18.6 Å². The Morgan fingerprint density at radius 3 is 2.75 bits per heavy atom. The minimum Gasteiger partial charge on any atom is -0.350 e. The molecule has 0 aromatic carbocycles. The van der Waals surface area contributed by atoms with Crippen LogP contribution in [0.3, 0.4) is 0 Å². The summed E-state index contributed by atoms with van der Waals surface area (Å²) in [7, 11) is 1.71. The standard InChI is InChI=1S/C8H14N2OS/c1-3-4-5-6-7(11)10(2)8(12)9-6/h6H,3-5H2,1-2H3,(H,9,12)/t6-/m1/s1. The lowest BCUT2D eigenvalue weighted by atomic mass is 10.1. The SMILES string of the molecule is CCCC[C@H]1NC(=S)N(C)C1=O. The Kier molecular flexibility index (Phi) is 3.03. The molecule has 68 valence electrons. The van der Waals surface area contributed by atoms with E-state index in [0.717, 1.165) is 19.3 Å². The van der Waals surface area contributed by atoms with Gasteiger partial charge in [-0.25, -0.2) is 0 Å². The maximum atomic E-state index is 11.4. The van der Waals surface area contributed by atoms with Crippen molar-refractivity contribution >= 4 is 23.2 Å². The second kappa shape index (κ2) is 3.85. The monoisotopic (exact) mass is 186 g/mol. The molecule has 1 heterocycles. The number of nitrogens with zero attached hydrogens (tertiary/aromatic N) is 1. The minimum absolute atomic E-state index is 0.0672. The van der Waals surface area contributed by atoms with Crippen molar-refractivity contribution in [2.45, 2.75) is 32.2 Å². The predicted octanol–water partition coefficient (Wildman–Crippen LogP) is 0.892. The van der Waals surface area contributed by atoms with E-state index in [1.807, 2.05) is 0 Å². The van der Waals surface area contributed by atoms with Gasteiger partial charge >= 0.3 is 0 Å². The van der Waals surface area contributed by atoms with E-state index in [9.17, 15) is 4.79 Å². The lowest BCUT2D eigenvalue weighted by Gasteiger charge is -2.06. The van der Waals surface area contributed by atoms with Crippen LogP contribution >= 0.6 is 12.2 Å². The van der Waals surface area contributed by atoms with E-state index < -0.39 is 0 Å². The zero-order valence-corrected chi connectivity index (χ0v) is 8.28. The van der Waals surface area contributed by atoms with Crippen LogP contribution < -0.4 is 5.32 Å². The van der Waals surface area contributed by atoms with Crippen LogP contribution in [0.25, 0.3) is 0 Å². The number of amides is 1. The largest absolute Gasteiger partial charge is 0.350 e. The highest BCUT2D eigenvalue weighted by atomic mass is 32.1. The van der Waals surface area contributed by atoms with Gasteiger partial charge < -0.3 is 5.32 Å². The van der Waals surface area contributed by atoms with Crippen LogP contribution in [0.5, 0.6) is 0 Å². The molecule has 1 aliphatic heterocycles. The zero-order valence-electron chi connectivity index (χ0n) is 7.46. The zero-order chi connectivity index (χ0) is 9.14. The Morgan fingerprint density at radius 1 is 1.67 bits per heavy atom.